The second kappa shape index (κ2) is 8.14. The summed E-state index contributed by atoms with van der Waals surface area (Å²) in [5, 5.41) is 0. The zero-order valence-corrected chi connectivity index (χ0v) is 19.4. The number of aromatic nitrogens is 2. The first-order chi connectivity index (χ1) is 16.3. The minimum Gasteiger partial charge on any atom is -0.364 e. The number of hydrogen-bond donors (Lipinski definition) is 2. The van der Waals surface area contributed by atoms with Gasteiger partial charge >= 0.3 is 0 Å². The van der Waals surface area contributed by atoms with Crippen molar-refractivity contribution in [3.8, 4) is 11.4 Å². The molecule has 0 unspecified atom stereocenters. The molecule has 4 aromatic rings. The van der Waals surface area contributed by atoms with Crippen molar-refractivity contribution in [2.75, 3.05) is 0 Å². The van der Waals surface area contributed by atoms with Crippen LogP contribution in [0.15, 0.2) is 81.3 Å². The average molecular weight is 474 g/mol. The molecule has 34 heavy (non-hydrogen) atoms. The number of aromatic amines is 1. The number of carbonyl (C=O) groups excluding carboxylic acids is 1. The number of aryl methyl sites for hydroxylation is 3. The van der Waals surface area contributed by atoms with Gasteiger partial charge < -0.3 is 15.3 Å². The smallest absolute Gasteiger partial charge is 0.267 e. The van der Waals surface area contributed by atoms with Crippen molar-refractivity contribution in [1.82, 2.24) is 9.55 Å². The van der Waals surface area contributed by atoms with Crippen LogP contribution < -0.4 is 11.3 Å². The Bertz CT molecular complexity index is 1600. The van der Waals surface area contributed by atoms with Crippen LogP contribution in [0.2, 0.25) is 0 Å². The lowest BCUT2D eigenvalue weighted by Gasteiger charge is -2.21. The van der Waals surface area contributed by atoms with Crippen molar-refractivity contribution >= 4 is 15.7 Å². The van der Waals surface area contributed by atoms with Crippen LogP contribution in [0.3, 0.4) is 0 Å². The van der Waals surface area contributed by atoms with Gasteiger partial charge in [-0.05, 0) is 60.7 Å². The van der Waals surface area contributed by atoms with Gasteiger partial charge in [0.2, 0.25) is 9.84 Å². The number of primary amides is 1. The number of rotatable bonds is 5. The Morgan fingerprint density at radius 2 is 1.74 bits per heavy atom. The van der Waals surface area contributed by atoms with E-state index in [-0.39, 0.29) is 9.79 Å². The van der Waals surface area contributed by atoms with Gasteiger partial charge in [0.15, 0.2) is 0 Å². The van der Waals surface area contributed by atoms with Crippen molar-refractivity contribution in [2.24, 2.45) is 5.73 Å². The van der Waals surface area contributed by atoms with E-state index in [1.54, 1.807) is 24.3 Å². The molecular weight excluding hydrogens is 450 g/mol. The molecule has 0 atom stereocenters. The molecule has 0 saturated carbocycles. The monoisotopic (exact) mass is 473 g/mol. The van der Waals surface area contributed by atoms with Gasteiger partial charge in [-0.25, -0.2) is 8.42 Å². The van der Waals surface area contributed by atoms with Gasteiger partial charge in [-0.3, -0.25) is 9.59 Å². The highest BCUT2D eigenvalue weighted by atomic mass is 32.2. The lowest BCUT2D eigenvalue weighted by atomic mass is 9.94. The standard InChI is InChI=1S/C26H23N3O4S/c1-16-6-5-7-17(12-16)15-29-21(25(27)30)13-19-11-10-18-14-22(26(31)28-23(18)24(19)29)34(32,33)20-8-3-2-4-9-20/h2-9,12-14H,10-11,15H2,1H3,(H2,27,30)(H,28,31). The molecule has 0 radical (unpaired) electrons. The van der Waals surface area contributed by atoms with E-state index in [1.807, 2.05) is 35.8 Å². The van der Waals surface area contributed by atoms with Gasteiger partial charge in [-0.2, -0.15) is 0 Å². The van der Waals surface area contributed by atoms with Crippen molar-refractivity contribution in [1.29, 1.82) is 0 Å². The highest BCUT2D eigenvalue weighted by Gasteiger charge is 2.29. The summed E-state index contributed by atoms with van der Waals surface area (Å²) in [5.74, 6) is -0.561. The van der Waals surface area contributed by atoms with E-state index < -0.39 is 21.3 Å². The van der Waals surface area contributed by atoms with E-state index in [0.29, 0.717) is 42.0 Å². The Morgan fingerprint density at radius 1 is 1.00 bits per heavy atom. The van der Waals surface area contributed by atoms with Crippen LogP contribution in [0.4, 0.5) is 0 Å². The SMILES string of the molecule is Cc1cccc(Cn2c(C(N)=O)cc3c2-c2[nH]c(=O)c(S(=O)(=O)c4ccccc4)cc2CC3)c1. The van der Waals surface area contributed by atoms with E-state index in [9.17, 15) is 18.0 Å². The van der Waals surface area contributed by atoms with Crippen LogP contribution in [0.1, 0.15) is 32.7 Å². The summed E-state index contributed by atoms with van der Waals surface area (Å²) in [5.41, 5.74) is 10.2. The molecule has 1 aliphatic rings. The first kappa shape index (κ1) is 21.9. The fourth-order valence-corrected chi connectivity index (χ4v) is 5.97. The number of nitrogens with two attached hydrogens (primary N) is 1. The molecule has 2 aromatic carbocycles. The van der Waals surface area contributed by atoms with Crippen LogP contribution in [-0.4, -0.2) is 23.9 Å². The van der Waals surface area contributed by atoms with E-state index in [1.165, 1.54) is 18.2 Å². The largest absolute Gasteiger partial charge is 0.364 e. The molecular formula is C26H23N3O4S. The number of amides is 1. The number of hydrogen-bond acceptors (Lipinski definition) is 4. The maximum Gasteiger partial charge on any atom is 0.267 e. The van der Waals surface area contributed by atoms with Gasteiger partial charge in [0, 0.05) is 6.54 Å². The van der Waals surface area contributed by atoms with Crippen LogP contribution >= 0.6 is 0 Å². The zero-order chi connectivity index (χ0) is 24.0. The molecule has 0 fully saturated rings. The van der Waals surface area contributed by atoms with Gasteiger partial charge in [0.25, 0.3) is 11.5 Å². The molecule has 2 heterocycles. The summed E-state index contributed by atoms with van der Waals surface area (Å²) < 4.78 is 28.1. The minimum atomic E-state index is -3.98. The lowest BCUT2D eigenvalue weighted by molar-refractivity contribution is 0.0992. The Kier molecular flexibility index (Phi) is 5.25. The number of nitrogens with one attached hydrogen (secondary N) is 1. The van der Waals surface area contributed by atoms with Crippen LogP contribution in [0, 0.1) is 6.92 Å². The predicted octanol–water partition coefficient (Wildman–Crippen LogP) is 3.23. The summed E-state index contributed by atoms with van der Waals surface area (Å²) in [6.07, 6.45) is 1.13. The number of carbonyl (C=O) groups is 1. The summed E-state index contributed by atoms with van der Waals surface area (Å²) >= 11 is 0. The van der Waals surface area contributed by atoms with Crippen molar-refractivity contribution in [3.63, 3.8) is 0 Å². The van der Waals surface area contributed by atoms with Gasteiger partial charge in [-0.15, -0.1) is 0 Å². The number of fused-ring (bicyclic) bond motifs is 3. The summed E-state index contributed by atoms with van der Waals surface area (Å²) in [4.78, 5) is 27.9. The predicted molar refractivity (Wildman–Crippen MR) is 129 cm³/mol. The number of nitrogens with zero attached hydrogens (tertiary/aromatic N) is 1. The maximum absolute atomic E-state index is 13.1. The molecule has 3 N–H and O–H groups in total. The third kappa shape index (κ3) is 3.66. The number of pyridine rings is 1. The molecule has 5 rings (SSSR count). The first-order valence-corrected chi connectivity index (χ1v) is 12.4. The van der Waals surface area contributed by atoms with Crippen LogP contribution in [0.25, 0.3) is 11.4 Å². The molecule has 1 aliphatic carbocycles. The summed E-state index contributed by atoms with van der Waals surface area (Å²) in [6.45, 7) is 2.38. The molecule has 0 saturated heterocycles. The molecule has 0 aliphatic heterocycles. The number of sulfone groups is 1. The van der Waals surface area contributed by atoms with Crippen molar-refractivity contribution in [2.45, 2.75) is 36.1 Å². The fourth-order valence-electron chi connectivity index (χ4n) is 4.61. The van der Waals surface area contributed by atoms with Crippen molar-refractivity contribution in [3.05, 3.63) is 105 Å². The highest BCUT2D eigenvalue weighted by molar-refractivity contribution is 7.91. The average Bonchev–Trinajstić information content (AvgIpc) is 3.18. The third-order valence-electron chi connectivity index (χ3n) is 6.18. The zero-order valence-electron chi connectivity index (χ0n) is 18.5. The van der Waals surface area contributed by atoms with E-state index in [2.05, 4.69) is 4.98 Å². The second-order valence-electron chi connectivity index (χ2n) is 8.52. The molecule has 172 valence electrons. The minimum absolute atomic E-state index is 0.0655. The molecule has 0 spiro atoms. The summed E-state index contributed by atoms with van der Waals surface area (Å²) in [7, 11) is -3.98. The molecule has 7 nitrogen and oxygen atoms in total. The molecule has 8 heteroatoms. The van der Waals surface area contributed by atoms with Gasteiger partial charge in [0.1, 0.15) is 10.6 Å². The normalized spacial score (nSPS) is 12.7. The van der Waals surface area contributed by atoms with Crippen LogP contribution in [0.5, 0.6) is 0 Å². The van der Waals surface area contributed by atoms with Crippen molar-refractivity contribution < 1.29 is 13.2 Å². The fraction of sp³-hybridized carbons (Fsp3) is 0.154. The molecule has 2 aromatic heterocycles. The second-order valence-corrected chi connectivity index (χ2v) is 10.4. The Morgan fingerprint density at radius 3 is 2.44 bits per heavy atom. The topological polar surface area (TPSA) is 115 Å². The van der Waals surface area contributed by atoms with Gasteiger partial charge in [-0.1, -0.05) is 48.0 Å². The molecule has 0 bridgehead atoms. The quantitative estimate of drug-likeness (QED) is 0.463. The lowest BCUT2D eigenvalue weighted by Crippen LogP contribution is -2.23. The Hall–Kier alpha value is -3.91. The number of benzene rings is 2. The maximum atomic E-state index is 13.1. The van der Waals surface area contributed by atoms with Gasteiger partial charge in [0.05, 0.1) is 16.3 Å². The molecule has 1 amide bonds. The summed E-state index contributed by atoms with van der Waals surface area (Å²) in [6, 6.07) is 19.1. The Balaban J connectivity index is 1.68. The highest BCUT2D eigenvalue weighted by Crippen LogP contribution is 2.35. The Labute approximate surface area is 196 Å². The van der Waals surface area contributed by atoms with E-state index >= 15 is 0 Å². The number of H-pyrrole nitrogens is 1. The van der Waals surface area contributed by atoms with Crippen LogP contribution in [-0.2, 0) is 29.2 Å². The third-order valence-corrected chi connectivity index (χ3v) is 7.96. The van der Waals surface area contributed by atoms with E-state index in [4.69, 9.17) is 5.73 Å². The van der Waals surface area contributed by atoms with E-state index in [0.717, 1.165) is 16.7 Å². The first-order valence-electron chi connectivity index (χ1n) is 10.9.